The number of hydrogen-bond donors (Lipinski definition) is 5. The third kappa shape index (κ3) is 5.68. The number of hydrazine groups is 2. The van der Waals surface area contributed by atoms with E-state index >= 15 is 0 Å². The van der Waals surface area contributed by atoms with Crippen LogP contribution in [0.4, 0.5) is 0 Å². The molecule has 5 N–H and O–H groups in total. The highest BCUT2D eigenvalue weighted by atomic mass is 32.1. The molecular weight excluding hydrogens is 448 g/mol. The minimum atomic E-state index is -0.744. The number of thiophene rings is 1. The molecule has 7 nitrogen and oxygen atoms in total. The van der Waals surface area contributed by atoms with Crippen LogP contribution in [0, 0.1) is 17.3 Å². The van der Waals surface area contributed by atoms with Gasteiger partial charge in [-0.2, -0.15) is 0 Å². The maximum Gasteiger partial charge on any atom is 0.144 e. The number of nitrogens with one attached hydrogen (secondary N) is 3. The molecule has 1 unspecified atom stereocenters. The first-order chi connectivity index (χ1) is 16.4. The van der Waals surface area contributed by atoms with Gasteiger partial charge in [-0.25, -0.2) is 5.53 Å². The number of aliphatic hydroxyl groups is 2. The number of nitrogens with zero attached hydrogens (tertiary/aromatic N) is 1. The Kier molecular flexibility index (Phi) is 8.03. The lowest BCUT2D eigenvalue weighted by Gasteiger charge is -2.25. The molecule has 2 aromatic rings. The summed E-state index contributed by atoms with van der Waals surface area (Å²) in [5, 5.41) is 27.0. The molecule has 1 fully saturated rings. The Balaban J connectivity index is 1.29. The Morgan fingerprint density at radius 3 is 2.85 bits per heavy atom. The molecule has 0 bridgehead atoms. The Morgan fingerprint density at radius 2 is 2.09 bits per heavy atom. The molecule has 4 rings (SSSR count). The zero-order valence-corrected chi connectivity index (χ0v) is 20.8. The summed E-state index contributed by atoms with van der Waals surface area (Å²) in [6.45, 7) is 3.70. The van der Waals surface area contributed by atoms with Gasteiger partial charge in [0.05, 0.1) is 12.2 Å². The Morgan fingerprint density at radius 1 is 1.26 bits per heavy atom. The molecule has 8 heteroatoms. The van der Waals surface area contributed by atoms with Crippen LogP contribution < -0.4 is 16.5 Å². The van der Waals surface area contributed by atoms with E-state index in [1.54, 1.807) is 11.3 Å². The second-order valence-electron chi connectivity index (χ2n) is 10.0. The lowest BCUT2D eigenvalue weighted by Crippen LogP contribution is -2.34. The van der Waals surface area contributed by atoms with Gasteiger partial charge in [0.15, 0.2) is 0 Å². The second kappa shape index (κ2) is 11.0. The van der Waals surface area contributed by atoms with Crippen LogP contribution in [-0.2, 0) is 11.2 Å². The van der Waals surface area contributed by atoms with Gasteiger partial charge in [-0.3, -0.25) is 10.2 Å². The van der Waals surface area contributed by atoms with Crippen LogP contribution in [-0.4, -0.2) is 34.0 Å². The van der Waals surface area contributed by atoms with Crippen LogP contribution >= 0.6 is 11.3 Å². The first-order valence-corrected chi connectivity index (χ1v) is 13.0. The fourth-order valence-electron chi connectivity index (χ4n) is 5.16. The van der Waals surface area contributed by atoms with Crippen molar-refractivity contribution >= 4 is 33.0 Å². The standard InChI is InChI=1S/C26H36N4O3S/c1-26(2)24(32)20(10-5-3-4-6-12-23-27-29-30-28-23)21(25(26)33)14-13-18(31)16-19-15-17-9-7-8-11-22(17)34-19/h3,5,7-9,11,15,18,20-21,25,29-31,33H,4,6,10,12-14,16H2,1-2H3,(H,27,28)/t18?,20-,21-,25+/m1/s1. The van der Waals surface area contributed by atoms with Gasteiger partial charge in [-0.1, -0.05) is 44.2 Å². The largest absolute Gasteiger partial charge is 0.393 e. The molecular formula is C26H36N4O3S. The molecule has 0 saturated heterocycles. The molecule has 1 aromatic carbocycles. The van der Waals surface area contributed by atoms with E-state index in [0.29, 0.717) is 25.7 Å². The quantitative estimate of drug-likeness (QED) is 0.245. The van der Waals surface area contributed by atoms with Gasteiger partial charge in [-0.15, -0.1) is 22.0 Å². The summed E-state index contributed by atoms with van der Waals surface area (Å²) in [5.74, 6) is 0.694. The number of carbonyl (C=O) groups is 1. The highest BCUT2D eigenvalue weighted by Gasteiger charge is 2.53. The van der Waals surface area contributed by atoms with Crippen molar-refractivity contribution < 1.29 is 15.0 Å². The Bertz CT molecular complexity index is 1010. The first kappa shape index (κ1) is 24.9. The van der Waals surface area contributed by atoms with Crippen LogP contribution in [0.25, 0.3) is 10.1 Å². The van der Waals surface area contributed by atoms with Gasteiger partial charge in [-0.05, 0) is 55.5 Å². The molecule has 2 heterocycles. The van der Waals surface area contributed by atoms with Crippen molar-refractivity contribution in [3.63, 3.8) is 0 Å². The van der Waals surface area contributed by atoms with Gasteiger partial charge in [0.25, 0.3) is 0 Å². The average molecular weight is 485 g/mol. The van der Waals surface area contributed by atoms with E-state index in [-0.39, 0.29) is 17.6 Å². The topological polar surface area (TPSA) is 106 Å². The molecule has 1 saturated carbocycles. The van der Waals surface area contributed by atoms with Crippen molar-refractivity contribution in [1.82, 2.24) is 16.5 Å². The number of hydrazone groups is 1. The third-order valence-corrected chi connectivity index (χ3v) is 8.31. The van der Waals surface area contributed by atoms with Crippen molar-refractivity contribution in [2.45, 2.75) is 71.0 Å². The van der Waals surface area contributed by atoms with Gasteiger partial charge in [0, 0.05) is 33.8 Å². The zero-order valence-electron chi connectivity index (χ0n) is 20.0. The van der Waals surface area contributed by atoms with E-state index in [2.05, 4.69) is 51.9 Å². The molecule has 1 aliphatic heterocycles. The number of aliphatic hydroxyl groups excluding tert-OH is 2. The second-order valence-corrected chi connectivity index (χ2v) is 11.2. The zero-order chi connectivity index (χ0) is 24.1. The van der Waals surface area contributed by atoms with Crippen molar-refractivity contribution in [2.75, 3.05) is 0 Å². The van der Waals surface area contributed by atoms with E-state index in [4.69, 9.17) is 0 Å². The lowest BCUT2D eigenvalue weighted by atomic mass is 9.85. The SMILES string of the molecule is CC1(C)C(=O)[C@H](CC=CCCCC2=NNNN2)[C@@H](CCC(O)Cc2cc3ccccc3s2)[C@@H]1O. The molecule has 2 aliphatic rings. The molecule has 0 amide bonds. The first-order valence-electron chi connectivity index (χ1n) is 12.2. The maximum absolute atomic E-state index is 13.1. The van der Waals surface area contributed by atoms with E-state index in [9.17, 15) is 15.0 Å². The number of rotatable bonds is 11. The van der Waals surface area contributed by atoms with E-state index in [1.165, 1.54) is 15.0 Å². The number of unbranched alkanes of at least 4 members (excludes halogenated alkanes) is 1. The van der Waals surface area contributed by atoms with Crippen molar-refractivity contribution in [3.8, 4) is 0 Å². The summed E-state index contributed by atoms with van der Waals surface area (Å²) in [6, 6.07) is 10.4. The number of ketones is 1. The normalized spacial score (nSPS) is 25.0. The number of carbonyl (C=O) groups excluding carboxylic acids is 1. The van der Waals surface area contributed by atoms with Gasteiger partial charge >= 0.3 is 0 Å². The van der Waals surface area contributed by atoms with Crippen LogP contribution in [0.1, 0.15) is 57.2 Å². The van der Waals surface area contributed by atoms with Crippen LogP contribution in [0.3, 0.4) is 0 Å². The molecule has 1 aromatic heterocycles. The predicted octanol–water partition coefficient (Wildman–Crippen LogP) is 3.83. The van der Waals surface area contributed by atoms with Gasteiger partial charge in [0.1, 0.15) is 11.6 Å². The van der Waals surface area contributed by atoms with Crippen LogP contribution in [0.15, 0.2) is 47.6 Å². The summed E-state index contributed by atoms with van der Waals surface area (Å²) in [7, 11) is 0. The summed E-state index contributed by atoms with van der Waals surface area (Å²) < 4.78 is 1.23. The van der Waals surface area contributed by atoms with Crippen molar-refractivity contribution in [3.05, 3.63) is 47.4 Å². The summed E-state index contributed by atoms with van der Waals surface area (Å²) in [6.07, 6.45) is 8.23. The highest BCUT2D eigenvalue weighted by Crippen LogP contribution is 2.46. The summed E-state index contributed by atoms with van der Waals surface area (Å²) in [4.78, 5) is 14.3. The molecule has 4 atom stereocenters. The number of Topliss-reactive ketones (excluding diaryl/α,β-unsaturated/α-hetero) is 1. The molecule has 184 valence electrons. The minimum Gasteiger partial charge on any atom is -0.393 e. The summed E-state index contributed by atoms with van der Waals surface area (Å²) >= 11 is 1.72. The Labute approximate surface area is 205 Å². The molecule has 0 radical (unpaired) electrons. The van der Waals surface area contributed by atoms with Gasteiger partial charge in [0.2, 0.25) is 0 Å². The predicted molar refractivity (Wildman–Crippen MR) is 137 cm³/mol. The highest BCUT2D eigenvalue weighted by molar-refractivity contribution is 7.19. The van der Waals surface area contributed by atoms with Crippen LogP contribution in [0.2, 0.25) is 0 Å². The van der Waals surface area contributed by atoms with Crippen molar-refractivity contribution in [2.24, 2.45) is 22.4 Å². The number of benzene rings is 1. The van der Waals surface area contributed by atoms with Crippen molar-refractivity contribution in [1.29, 1.82) is 0 Å². The van der Waals surface area contributed by atoms with Crippen LogP contribution in [0.5, 0.6) is 0 Å². The van der Waals surface area contributed by atoms with E-state index in [1.807, 2.05) is 26.0 Å². The third-order valence-electron chi connectivity index (χ3n) is 7.17. The number of fused-ring (bicyclic) bond motifs is 1. The monoisotopic (exact) mass is 484 g/mol. The smallest absolute Gasteiger partial charge is 0.144 e. The minimum absolute atomic E-state index is 0.126. The molecule has 1 aliphatic carbocycles. The fourth-order valence-corrected chi connectivity index (χ4v) is 6.30. The van der Waals surface area contributed by atoms with E-state index < -0.39 is 17.6 Å². The fraction of sp³-hybridized carbons (Fsp3) is 0.538. The lowest BCUT2D eigenvalue weighted by molar-refractivity contribution is -0.129. The Hall–Kier alpha value is -2.26. The molecule has 0 spiro atoms. The average Bonchev–Trinajstić information content (AvgIpc) is 3.51. The maximum atomic E-state index is 13.1. The molecule has 34 heavy (non-hydrogen) atoms. The van der Waals surface area contributed by atoms with Gasteiger partial charge < -0.3 is 10.2 Å². The number of hydrogen-bond acceptors (Lipinski definition) is 8. The number of allylic oxidation sites excluding steroid dienone is 2. The summed E-state index contributed by atoms with van der Waals surface area (Å²) in [5.41, 5.74) is 7.57. The number of amidine groups is 1. The van der Waals surface area contributed by atoms with E-state index in [0.717, 1.165) is 25.1 Å².